The number of hydrogen-bond donors (Lipinski definition) is 0. The Morgan fingerprint density at radius 3 is 2.62 bits per heavy atom. The number of nitrogens with zero attached hydrogens (tertiary/aromatic N) is 5. The van der Waals surface area contributed by atoms with E-state index in [2.05, 4.69) is 9.97 Å². The predicted octanol–water partition coefficient (Wildman–Crippen LogP) is 3.59. The van der Waals surface area contributed by atoms with Gasteiger partial charge in [-0.2, -0.15) is 13.2 Å². The number of carbonyl (C=O) groups excluding carboxylic acids is 1. The van der Waals surface area contributed by atoms with Gasteiger partial charge in [0.1, 0.15) is 17.1 Å². The number of fused-ring (bicyclic) bond motifs is 1. The standard InChI is InChI=1S/C23H24F3N5O3/c1-4-7-34-20-9-16(8-19(28-20)23(24,25)26)12-30-15(3)11-31-18(22(30)33)6-5-17(21(31)32)29-10-14(2)27-13-29/h5-6,8-10,13,15H,4,7,11-12H2,1-3H3/t15-/m1/s1. The number of halogens is 3. The Kier molecular flexibility index (Phi) is 6.20. The highest BCUT2D eigenvalue weighted by Gasteiger charge is 2.35. The summed E-state index contributed by atoms with van der Waals surface area (Å²) in [5.74, 6) is -0.578. The first-order valence-corrected chi connectivity index (χ1v) is 10.8. The molecule has 11 heteroatoms. The molecule has 180 valence electrons. The summed E-state index contributed by atoms with van der Waals surface area (Å²) in [5.41, 5.74) is 0.111. The van der Waals surface area contributed by atoms with Gasteiger partial charge in [0.25, 0.3) is 11.5 Å². The molecule has 0 aromatic carbocycles. The molecule has 0 saturated heterocycles. The van der Waals surface area contributed by atoms with E-state index in [-0.39, 0.29) is 42.4 Å². The first-order chi connectivity index (χ1) is 16.1. The largest absolute Gasteiger partial charge is 0.478 e. The van der Waals surface area contributed by atoms with Crippen molar-refractivity contribution in [2.75, 3.05) is 6.61 Å². The van der Waals surface area contributed by atoms with Crippen LogP contribution in [0.15, 0.2) is 41.6 Å². The summed E-state index contributed by atoms with van der Waals surface area (Å²) in [4.78, 5) is 35.5. The molecule has 1 aliphatic heterocycles. The Morgan fingerprint density at radius 1 is 1.21 bits per heavy atom. The number of hydrogen-bond acceptors (Lipinski definition) is 5. The van der Waals surface area contributed by atoms with Gasteiger partial charge in [0.2, 0.25) is 5.88 Å². The van der Waals surface area contributed by atoms with Gasteiger partial charge in [0.15, 0.2) is 0 Å². The molecule has 1 amide bonds. The number of alkyl halides is 3. The number of aryl methyl sites for hydroxylation is 1. The van der Waals surface area contributed by atoms with Crippen LogP contribution < -0.4 is 10.3 Å². The highest BCUT2D eigenvalue weighted by molar-refractivity contribution is 5.93. The summed E-state index contributed by atoms with van der Waals surface area (Å²) in [6.45, 7) is 5.74. The predicted molar refractivity (Wildman–Crippen MR) is 117 cm³/mol. The second-order valence-electron chi connectivity index (χ2n) is 8.27. The monoisotopic (exact) mass is 475 g/mol. The first kappa shape index (κ1) is 23.5. The van der Waals surface area contributed by atoms with Crippen LogP contribution in [0.4, 0.5) is 13.2 Å². The summed E-state index contributed by atoms with van der Waals surface area (Å²) >= 11 is 0. The molecule has 0 unspecified atom stereocenters. The lowest BCUT2D eigenvalue weighted by atomic mass is 10.1. The lowest BCUT2D eigenvalue weighted by Crippen LogP contribution is -2.49. The van der Waals surface area contributed by atoms with Gasteiger partial charge in [-0.1, -0.05) is 6.92 Å². The topological polar surface area (TPSA) is 82.3 Å². The highest BCUT2D eigenvalue weighted by Crippen LogP contribution is 2.31. The van der Waals surface area contributed by atoms with E-state index in [4.69, 9.17) is 4.74 Å². The molecule has 4 rings (SSSR count). The number of ether oxygens (including phenoxy) is 1. The third-order valence-electron chi connectivity index (χ3n) is 5.56. The molecule has 34 heavy (non-hydrogen) atoms. The minimum Gasteiger partial charge on any atom is -0.478 e. The Labute approximate surface area is 193 Å². The Balaban J connectivity index is 1.66. The Bertz CT molecular complexity index is 1280. The van der Waals surface area contributed by atoms with Crippen molar-refractivity contribution in [2.45, 2.75) is 52.5 Å². The molecule has 3 aromatic heterocycles. The van der Waals surface area contributed by atoms with E-state index >= 15 is 0 Å². The zero-order valence-electron chi connectivity index (χ0n) is 19.0. The van der Waals surface area contributed by atoms with Crippen LogP contribution in [0.2, 0.25) is 0 Å². The average molecular weight is 475 g/mol. The smallest absolute Gasteiger partial charge is 0.433 e. The number of aromatic nitrogens is 4. The van der Waals surface area contributed by atoms with Crippen molar-refractivity contribution < 1.29 is 22.7 Å². The van der Waals surface area contributed by atoms with Crippen LogP contribution in [0.25, 0.3) is 5.69 Å². The number of pyridine rings is 2. The first-order valence-electron chi connectivity index (χ1n) is 10.8. The maximum atomic E-state index is 13.4. The van der Waals surface area contributed by atoms with E-state index < -0.39 is 23.8 Å². The van der Waals surface area contributed by atoms with Gasteiger partial charge >= 0.3 is 6.18 Å². The van der Waals surface area contributed by atoms with E-state index in [0.717, 1.165) is 11.8 Å². The molecule has 3 aromatic rings. The second kappa shape index (κ2) is 8.96. The molecule has 0 saturated carbocycles. The highest BCUT2D eigenvalue weighted by atomic mass is 19.4. The van der Waals surface area contributed by atoms with Gasteiger partial charge in [-0.15, -0.1) is 0 Å². The fraction of sp³-hybridized carbons (Fsp3) is 0.391. The molecule has 0 aliphatic carbocycles. The second-order valence-corrected chi connectivity index (χ2v) is 8.27. The SMILES string of the molecule is CCCOc1cc(CN2C(=O)c3ccc(-n4cnc(C)c4)c(=O)n3C[C@H]2C)cc(C(F)(F)F)n1. The minimum absolute atomic E-state index is 0.0786. The van der Waals surface area contributed by atoms with Crippen molar-refractivity contribution in [3.05, 3.63) is 69.8 Å². The summed E-state index contributed by atoms with van der Waals surface area (Å²) < 4.78 is 48.5. The molecule has 0 spiro atoms. The van der Waals surface area contributed by atoms with Crippen LogP contribution in [0.3, 0.4) is 0 Å². The van der Waals surface area contributed by atoms with Gasteiger partial charge in [-0.3, -0.25) is 9.59 Å². The lowest BCUT2D eigenvalue weighted by molar-refractivity contribution is -0.141. The quantitative estimate of drug-likeness (QED) is 0.544. The third-order valence-corrected chi connectivity index (χ3v) is 5.56. The van der Waals surface area contributed by atoms with Crippen molar-refractivity contribution in [3.63, 3.8) is 0 Å². The van der Waals surface area contributed by atoms with E-state index in [1.807, 2.05) is 6.92 Å². The van der Waals surface area contributed by atoms with Gasteiger partial charge < -0.3 is 18.8 Å². The van der Waals surface area contributed by atoms with E-state index in [1.165, 1.54) is 21.9 Å². The van der Waals surface area contributed by atoms with Gasteiger partial charge in [-0.25, -0.2) is 9.97 Å². The maximum Gasteiger partial charge on any atom is 0.433 e. The van der Waals surface area contributed by atoms with Crippen molar-refractivity contribution in [3.8, 4) is 11.6 Å². The molecule has 8 nitrogen and oxygen atoms in total. The van der Waals surface area contributed by atoms with Crippen molar-refractivity contribution in [1.29, 1.82) is 0 Å². The van der Waals surface area contributed by atoms with Crippen molar-refractivity contribution >= 4 is 5.91 Å². The fourth-order valence-corrected chi connectivity index (χ4v) is 3.89. The van der Waals surface area contributed by atoms with E-state index in [1.54, 1.807) is 36.7 Å². The van der Waals surface area contributed by atoms with Crippen LogP contribution in [0.5, 0.6) is 5.88 Å². The van der Waals surface area contributed by atoms with E-state index in [9.17, 15) is 22.8 Å². The lowest BCUT2D eigenvalue weighted by Gasteiger charge is -2.35. The van der Waals surface area contributed by atoms with Gasteiger partial charge in [0, 0.05) is 31.4 Å². The summed E-state index contributed by atoms with van der Waals surface area (Å²) in [6.07, 6.45) is -0.801. The summed E-state index contributed by atoms with van der Waals surface area (Å²) in [7, 11) is 0. The number of rotatable bonds is 6. The average Bonchev–Trinajstić information content (AvgIpc) is 3.21. The molecule has 0 bridgehead atoms. The summed E-state index contributed by atoms with van der Waals surface area (Å²) in [6, 6.07) is 5.00. The minimum atomic E-state index is -4.65. The molecular formula is C23H24F3N5O3. The van der Waals surface area contributed by atoms with Crippen molar-refractivity contribution in [2.24, 2.45) is 0 Å². The maximum absolute atomic E-state index is 13.4. The molecule has 0 radical (unpaired) electrons. The number of imidazole rings is 1. The van der Waals surface area contributed by atoms with Crippen LogP contribution in [0.1, 0.15) is 47.7 Å². The molecular weight excluding hydrogens is 451 g/mol. The van der Waals surface area contributed by atoms with Crippen LogP contribution in [-0.2, 0) is 19.3 Å². The van der Waals surface area contributed by atoms with Gasteiger partial charge in [0.05, 0.1) is 18.6 Å². The van der Waals surface area contributed by atoms with Crippen LogP contribution in [0, 0.1) is 6.92 Å². The molecule has 0 N–H and O–H groups in total. The normalized spacial score (nSPS) is 16.0. The summed E-state index contributed by atoms with van der Waals surface area (Å²) in [5, 5.41) is 0. The molecule has 4 heterocycles. The van der Waals surface area contributed by atoms with Crippen molar-refractivity contribution in [1.82, 2.24) is 24.0 Å². The molecule has 1 aliphatic rings. The van der Waals surface area contributed by atoms with Crippen LogP contribution in [-0.4, -0.2) is 42.6 Å². The fourth-order valence-electron chi connectivity index (χ4n) is 3.89. The Morgan fingerprint density at radius 2 is 1.97 bits per heavy atom. The molecule has 0 fully saturated rings. The van der Waals surface area contributed by atoms with Crippen LogP contribution >= 0.6 is 0 Å². The zero-order valence-corrected chi connectivity index (χ0v) is 19.0. The van der Waals surface area contributed by atoms with Gasteiger partial charge in [-0.05, 0) is 44.0 Å². The number of amides is 1. The third kappa shape index (κ3) is 4.55. The number of carbonyl (C=O) groups is 1. The zero-order chi connectivity index (χ0) is 24.6. The molecule has 1 atom stereocenters. The van der Waals surface area contributed by atoms with E-state index in [0.29, 0.717) is 12.1 Å². The Hall–Kier alpha value is -3.63.